The first-order chi connectivity index (χ1) is 17.2. The van der Waals surface area contributed by atoms with E-state index in [1.54, 1.807) is 37.4 Å². The molecule has 1 fully saturated rings. The van der Waals surface area contributed by atoms with E-state index < -0.39 is 0 Å². The Morgan fingerprint density at radius 2 is 1.86 bits per heavy atom. The van der Waals surface area contributed by atoms with Gasteiger partial charge in [-0.2, -0.15) is 4.99 Å². The van der Waals surface area contributed by atoms with Crippen LogP contribution in [-0.4, -0.2) is 62.6 Å². The minimum absolute atomic E-state index is 0.186. The SMILES string of the molecule is COc1ccc(C(=O)NCC2CCN(CC(=O)N=C(N)N)CC2)cc1OCCc1ccc(Cl)cc1Cl. The second-order valence-electron chi connectivity index (χ2n) is 8.56. The summed E-state index contributed by atoms with van der Waals surface area (Å²) in [5.41, 5.74) is 11.9. The summed E-state index contributed by atoms with van der Waals surface area (Å²) in [6, 6.07) is 10.4. The molecule has 1 heterocycles. The Hall–Kier alpha value is -3.01. The molecule has 194 valence electrons. The summed E-state index contributed by atoms with van der Waals surface area (Å²) < 4.78 is 11.3. The van der Waals surface area contributed by atoms with Gasteiger partial charge < -0.3 is 26.3 Å². The number of halogens is 2. The van der Waals surface area contributed by atoms with Crippen LogP contribution in [0.25, 0.3) is 0 Å². The number of piperidine rings is 1. The number of hydrogen-bond donors (Lipinski definition) is 3. The summed E-state index contributed by atoms with van der Waals surface area (Å²) in [5.74, 6) is 0.576. The number of guanidine groups is 1. The van der Waals surface area contributed by atoms with Crippen LogP contribution in [0.1, 0.15) is 28.8 Å². The Balaban J connectivity index is 1.49. The van der Waals surface area contributed by atoms with Gasteiger partial charge in [-0.15, -0.1) is 0 Å². The summed E-state index contributed by atoms with van der Waals surface area (Å²) in [4.78, 5) is 30.1. The highest BCUT2D eigenvalue weighted by Crippen LogP contribution is 2.29. The zero-order chi connectivity index (χ0) is 26.1. The van der Waals surface area contributed by atoms with Crippen LogP contribution in [-0.2, 0) is 11.2 Å². The number of carbonyl (C=O) groups excluding carboxylic acids is 2. The molecule has 0 aromatic heterocycles. The lowest BCUT2D eigenvalue weighted by Crippen LogP contribution is -2.41. The number of benzene rings is 2. The van der Waals surface area contributed by atoms with Crippen LogP contribution in [0.15, 0.2) is 41.4 Å². The van der Waals surface area contributed by atoms with Gasteiger partial charge in [0.05, 0.1) is 20.3 Å². The van der Waals surface area contributed by atoms with Crippen LogP contribution in [0.2, 0.25) is 10.0 Å². The average Bonchev–Trinajstić information content (AvgIpc) is 2.84. The number of rotatable bonds is 10. The maximum atomic E-state index is 12.8. The summed E-state index contributed by atoms with van der Waals surface area (Å²) in [7, 11) is 1.55. The van der Waals surface area contributed by atoms with Gasteiger partial charge in [0.2, 0.25) is 0 Å². The van der Waals surface area contributed by atoms with Crippen molar-refractivity contribution in [1.29, 1.82) is 0 Å². The van der Waals surface area contributed by atoms with E-state index in [0.29, 0.717) is 52.6 Å². The molecule has 1 aliphatic heterocycles. The first kappa shape index (κ1) is 27.6. The summed E-state index contributed by atoms with van der Waals surface area (Å²) >= 11 is 12.2. The molecule has 0 radical (unpaired) electrons. The zero-order valence-electron chi connectivity index (χ0n) is 20.1. The van der Waals surface area contributed by atoms with Crippen LogP contribution in [0.4, 0.5) is 0 Å². The Bertz CT molecular complexity index is 1100. The normalized spacial score (nSPS) is 14.2. The van der Waals surface area contributed by atoms with Gasteiger partial charge in [-0.25, -0.2) is 0 Å². The van der Waals surface area contributed by atoms with Crippen LogP contribution >= 0.6 is 23.2 Å². The van der Waals surface area contributed by atoms with E-state index in [0.717, 1.165) is 31.5 Å². The van der Waals surface area contributed by atoms with E-state index in [2.05, 4.69) is 10.3 Å². The van der Waals surface area contributed by atoms with Crippen molar-refractivity contribution in [2.45, 2.75) is 19.3 Å². The Kier molecular flexibility index (Phi) is 10.2. The van der Waals surface area contributed by atoms with Crippen molar-refractivity contribution in [1.82, 2.24) is 10.2 Å². The minimum Gasteiger partial charge on any atom is -0.493 e. The molecule has 2 aromatic rings. The van der Waals surface area contributed by atoms with Crippen LogP contribution < -0.4 is 26.3 Å². The molecule has 0 atom stereocenters. The molecule has 1 saturated heterocycles. The molecule has 3 rings (SSSR count). The van der Waals surface area contributed by atoms with Crippen LogP contribution in [0.3, 0.4) is 0 Å². The fourth-order valence-corrected chi connectivity index (χ4v) is 4.49. The molecule has 36 heavy (non-hydrogen) atoms. The van der Waals surface area contributed by atoms with Gasteiger partial charge in [-0.05, 0) is 67.7 Å². The van der Waals surface area contributed by atoms with Crippen molar-refractivity contribution in [3.8, 4) is 11.5 Å². The van der Waals surface area contributed by atoms with Crippen molar-refractivity contribution in [2.24, 2.45) is 22.4 Å². The number of hydrogen-bond acceptors (Lipinski definition) is 5. The highest BCUT2D eigenvalue weighted by atomic mass is 35.5. The molecule has 0 spiro atoms. The number of aliphatic imine (C=N–C) groups is 1. The fraction of sp³-hybridized carbons (Fsp3) is 0.400. The van der Waals surface area contributed by atoms with Crippen molar-refractivity contribution >= 4 is 41.0 Å². The van der Waals surface area contributed by atoms with Gasteiger partial charge in [-0.1, -0.05) is 29.3 Å². The monoisotopic (exact) mass is 535 g/mol. The largest absolute Gasteiger partial charge is 0.493 e. The van der Waals surface area contributed by atoms with E-state index in [4.69, 9.17) is 44.1 Å². The molecule has 9 nitrogen and oxygen atoms in total. The minimum atomic E-state index is -0.351. The topological polar surface area (TPSA) is 132 Å². The number of nitrogens with zero attached hydrogens (tertiary/aromatic N) is 2. The highest BCUT2D eigenvalue weighted by Gasteiger charge is 2.22. The van der Waals surface area contributed by atoms with Crippen molar-refractivity contribution < 1.29 is 19.1 Å². The number of carbonyl (C=O) groups is 2. The standard InChI is InChI=1S/C25H31Cl2N5O4/c1-35-21-5-3-18(12-22(21)36-11-8-17-2-4-19(26)13-20(17)27)24(34)30-14-16-6-9-32(10-7-16)15-23(33)31-25(28)29/h2-5,12-13,16H,6-11,14-15H2,1H3,(H,30,34)(H4,28,29,31,33). The van der Waals surface area contributed by atoms with Gasteiger partial charge >= 0.3 is 0 Å². The Morgan fingerprint density at radius 1 is 1.11 bits per heavy atom. The molecule has 2 aromatic carbocycles. The van der Waals surface area contributed by atoms with Crippen molar-refractivity contribution in [2.75, 3.05) is 39.9 Å². The smallest absolute Gasteiger partial charge is 0.263 e. The van der Waals surface area contributed by atoms with E-state index in [9.17, 15) is 9.59 Å². The van der Waals surface area contributed by atoms with E-state index in [1.165, 1.54) is 0 Å². The quantitative estimate of drug-likeness (QED) is 0.314. The second-order valence-corrected chi connectivity index (χ2v) is 9.40. The maximum absolute atomic E-state index is 12.8. The fourth-order valence-electron chi connectivity index (χ4n) is 3.98. The van der Waals surface area contributed by atoms with Crippen LogP contribution in [0.5, 0.6) is 11.5 Å². The van der Waals surface area contributed by atoms with Gasteiger partial charge in [0.15, 0.2) is 17.5 Å². The van der Waals surface area contributed by atoms with Gasteiger partial charge in [0, 0.05) is 28.6 Å². The lowest BCUT2D eigenvalue weighted by molar-refractivity contribution is -0.119. The second kappa shape index (κ2) is 13.3. The molecule has 0 unspecified atom stereocenters. The Morgan fingerprint density at radius 3 is 2.53 bits per heavy atom. The van der Waals surface area contributed by atoms with E-state index in [1.807, 2.05) is 11.0 Å². The lowest BCUT2D eigenvalue weighted by atomic mass is 9.96. The molecule has 0 bridgehead atoms. The number of nitrogens with one attached hydrogen (secondary N) is 1. The first-order valence-electron chi connectivity index (χ1n) is 11.6. The third-order valence-electron chi connectivity index (χ3n) is 5.94. The summed E-state index contributed by atoms with van der Waals surface area (Å²) in [6.07, 6.45) is 2.30. The van der Waals surface area contributed by atoms with E-state index >= 15 is 0 Å². The summed E-state index contributed by atoms with van der Waals surface area (Å²) in [6.45, 7) is 2.57. The molecule has 0 aliphatic carbocycles. The Labute approximate surface area is 220 Å². The number of ether oxygens (including phenoxy) is 2. The lowest BCUT2D eigenvalue weighted by Gasteiger charge is -2.31. The number of nitrogens with two attached hydrogens (primary N) is 2. The third-order valence-corrected chi connectivity index (χ3v) is 6.53. The van der Waals surface area contributed by atoms with Crippen molar-refractivity contribution in [3.05, 3.63) is 57.6 Å². The average molecular weight is 536 g/mol. The van der Waals surface area contributed by atoms with Gasteiger partial charge in [0.1, 0.15) is 0 Å². The molecule has 11 heteroatoms. The number of amides is 2. The summed E-state index contributed by atoms with van der Waals surface area (Å²) in [5, 5.41) is 4.16. The molecule has 5 N–H and O–H groups in total. The predicted octanol–water partition coefficient (Wildman–Crippen LogP) is 2.87. The maximum Gasteiger partial charge on any atom is 0.263 e. The molecule has 1 aliphatic rings. The predicted molar refractivity (Wildman–Crippen MR) is 141 cm³/mol. The first-order valence-corrected chi connectivity index (χ1v) is 12.4. The van der Waals surface area contributed by atoms with Crippen LogP contribution in [0, 0.1) is 5.92 Å². The van der Waals surface area contributed by atoms with Gasteiger partial charge in [-0.3, -0.25) is 14.5 Å². The van der Waals surface area contributed by atoms with Gasteiger partial charge in [0.25, 0.3) is 11.8 Å². The molecular weight excluding hydrogens is 505 g/mol. The van der Waals surface area contributed by atoms with Crippen molar-refractivity contribution in [3.63, 3.8) is 0 Å². The zero-order valence-corrected chi connectivity index (χ0v) is 21.6. The number of methoxy groups -OCH3 is 1. The third kappa shape index (κ3) is 8.29. The van der Waals surface area contributed by atoms with E-state index in [-0.39, 0.29) is 24.3 Å². The molecule has 0 saturated carbocycles. The molecular formula is C25H31Cl2N5O4. The highest BCUT2D eigenvalue weighted by molar-refractivity contribution is 6.35. The molecule has 2 amide bonds. The number of likely N-dealkylation sites (tertiary alicyclic amines) is 1.